The summed E-state index contributed by atoms with van der Waals surface area (Å²) >= 11 is 0. The van der Waals surface area contributed by atoms with Crippen LogP contribution in [0.3, 0.4) is 0 Å². The molecule has 5 rings (SSSR count). The van der Waals surface area contributed by atoms with Gasteiger partial charge in [0.05, 0.1) is 11.4 Å². The first-order valence-corrected chi connectivity index (χ1v) is 13.8. The number of aromatic nitrogens is 2. The number of nitrogens with zero attached hydrogens (tertiary/aromatic N) is 2. The Balaban J connectivity index is 1.54. The van der Waals surface area contributed by atoms with E-state index in [1.165, 1.54) is 24.3 Å². The summed E-state index contributed by atoms with van der Waals surface area (Å²) in [6, 6.07) is 23.3. The number of hydrogen-bond donors (Lipinski definition) is 1. The summed E-state index contributed by atoms with van der Waals surface area (Å²) in [4.78, 5) is 25.6. The van der Waals surface area contributed by atoms with Crippen molar-refractivity contribution in [2.45, 2.75) is 31.8 Å². The molecule has 0 spiro atoms. The number of nitrogens with one attached hydrogen (secondary N) is 1. The van der Waals surface area contributed by atoms with Crippen LogP contribution in [0.15, 0.2) is 101 Å². The lowest BCUT2D eigenvalue weighted by Crippen LogP contribution is -2.33. The molecular weight excluding hydrogens is 517 g/mol. The highest BCUT2D eigenvalue weighted by molar-refractivity contribution is 7.90. The van der Waals surface area contributed by atoms with Crippen LogP contribution in [0.2, 0.25) is 0 Å². The first-order valence-electron chi connectivity index (χ1n) is 12.3. The van der Waals surface area contributed by atoms with Crippen molar-refractivity contribution in [3.63, 3.8) is 0 Å². The first-order chi connectivity index (χ1) is 18.6. The van der Waals surface area contributed by atoms with Gasteiger partial charge in [-0.15, -0.1) is 0 Å². The minimum Gasteiger partial charge on any atom is -0.335 e. The molecule has 3 aromatic carbocycles. The summed E-state index contributed by atoms with van der Waals surface area (Å²) in [6.45, 7) is 3.49. The minimum absolute atomic E-state index is 0.0240. The van der Waals surface area contributed by atoms with Gasteiger partial charge in [0.15, 0.2) is 0 Å². The Bertz CT molecular complexity index is 1880. The van der Waals surface area contributed by atoms with Crippen LogP contribution in [0.4, 0.5) is 4.39 Å². The summed E-state index contributed by atoms with van der Waals surface area (Å²) in [5.74, 6) is -1.19. The van der Waals surface area contributed by atoms with Crippen LogP contribution in [-0.2, 0) is 27.9 Å². The second-order valence-corrected chi connectivity index (χ2v) is 11.0. The summed E-state index contributed by atoms with van der Waals surface area (Å²) in [7, 11) is -4.08. The van der Waals surface area contributed by atoms with Gasteiger partial charge in [0.2, 0.25) is 0 Å². The van der Waals surface area contributed by atoms with Gasteiger partial charge in [-0.2, -0.15) is 0 Å². The van der Waals surface area contributed by atoms with Crippen molar-refractivity contribution in [1.29, 1.82) is 0 Å². The third-order valence-electron chi connectivity index (χ3n) is 6.69. The molecule has 0 saturated heterocycles. The van der Waals surface area contributed by atoms with Gasteiger partial charge in [-0.3, -0.25) is 9.59 Å². The summed E-state index contributed by atoms with van der Waals surface area (Å²) < 4.78 is 45.5. The summed E-state index contributed by atoms with van der Waals surface area (Å²) in [5.41, 5.74) is 3.80. The van der Waals surface area contributed by atoms with Crippen molar-refractivity contribution in [2.24, 2.45) is 0 Å². The second-order valence-electron chi connectivity index (χ2n) is 9.37. The number of amides is 1. The van der Waals surface area contributed by atoms with Crippen molar-refractivity contribution >= 4 is 26.8 Å². The Morgan fingerprint density at radius 3 is 2.38 bits per heavy atom. The molecule has 0 atom stereocenters. The molecule has 1 amide bonds. The SMILES string of the molecule is Cc1ccccc1S(=O)(=O)NC(=O)Cn1c(C)c(-c2ccc(=O)n(Cc3ccccc3)c2)c2cc(F)ccc21. The minimum atomic E-state index is -4.08. The van der Waals surface area contributed by atoms with E-state index in [-0.39, 0.29) is 17.0 Å². The molecule has 7 nitrogen and oxygen atoms in total. The molecular formula is C30H26FN3O4S. The molecule has 2 heterocycles. The third-order valence-corrected chi connectivity index (χ3v) is 8.22. The topological polar surface area (TPSA) is 90.2 Å². The van der Waals surface area contributed by atoms with E-state index < -0.39 is 21.7 Å². The molecule has 2 aromatic heterocycles. The second kappa shape index (κ2) is 10.3. The molecule has 198 valence electrons. The largest absolute Gasteiger partial charge is 0.335 e. The molecule has 0 bridgehead atoms. The molecule has 0 unspecified atom stereocenters. The zero-order chi connectivity index (χ0) is 27.7. The van der Waals surface area contributed by atoms with E-state index in [9.17, 15) is 22.4 Å². The number of carbonyl (C=O) groups is 1. The van der Waals surface area contributed by atoms with Gasteiger partial charge in [0.1, 0.15) is 12.4 Å². The van der Waals surface area contributed by atoms with Gasteiger partial charge >= 0.3 is 0 Å². The van der Waals surface area contributed by atoms with E-state index in [1.54, 1.807) is 59.5 Å². The lowest BCUT2D eigenvalue weighted by atomic mass is 10.0. The highest BCUT2D eigenvalue weighted by atomic mass is 32.2. The number of aryl methyl sites for hydroxylation is 1. The average Bonchev–Trinajstić information content (AvgIpc) is 3.16. The maximum Gasteiger partial charge on any atom is 0.264 e. The number of sulfonamides is 1. The van der Waals surface area contributed by atoms with Crippen LogP contribution < -0.4 is 10.3 Å². The predicted octanol–water partition coefficient (Wildman–Crippen LogP) is 4.78. The van der Waals surface area contributed by atoms with Crippen molar-refractivity contribution in [1.82, 2.24) is 13.9 Å². The average molecular weight is 544 g/mol. The number of fused-ring (bicyclic) bond motifs is 1. The van der Waals surface area contributed by atoms with Crippen LogP contribution in [0.1, 0.15) is 16.8 Å². The Morgan fingerprint density at radius 1 is 0.923 bits per heavy atom. The number of hydrogen-bond acceptors (Lipinski definition) is 4. The molecule has 0 aliphatic rings. The van der Waals surface area contributed by atoms with Crippen LogP contribution >= 0.6 is 0 Å². The van der Waals surface area contributed by atoms with Crippen molar-refractivity contribution in [3.05, 3.63) is 124 Å². The molecule has 0 fully saturated rings. The lowest BCUT2D eigenvalue weighted by molar-refractivity contribution is -0.119. The van der Waals surface area contributed by atoms with Crippen molar-refractivity contribution < 1.29 is 17.6 Å². The van der Waals surface area contributed by atoms with E-state index in [1.807, 2.05) is 30.3 Å². The van der Waals surface area contributed by atoms with Gasteiger partial charge < -0.3 is 9.13 Å². The van der Waals surface area contributed by atoms with Gasteiger partial charge in [-0.05, 0) is 55.3 Å². The summed E-state index contributed by atoms with van der Waals surface area (Å²) in [5, 5.41) is 0.548. The van der Waals surface area contributed by atoms with Crippen LogP contribution in [0, 0.1) is 19.7 Å². The number of rotatable bonds is 7. The number of benzene rings is 3. The van der Waals surface area contributed by atoms with Crippen molar-refractivity contribution in [2.75, 3.05) is 0 Å². The molecule has 1 N–H and O–H groups in total. The van der Waals surface area contributed by atoms with E-state index >= 15 is 0 Å². The normalized spacial score (nSPS) is 11.6. The van der Waals surface area contributed by atoms with E-state index in [4.69, 9.17) is 0 Å². The number of halogens is 1. The Morgan fingerprint density at radius 2 is 1.64 bits per heavy atom. The van der Waals surface area contributed by atoms with Crippen LogP contribution in [-0.4, -0.2) is 23.5 Å². The van der Waals surface area contributed by atoms with E-state index in [0.29, 0.717) is 39.8 Å². The fourth-order valence-electron chi connectivity index (χ4n) is 4.84. The van der Waals surface area contributed by atoms with Gasteiger partial charge in [0, 0.05) is 40.0 Å². The molecule has 0 radical (unpaired) electrons. The van der Waals surface area contributed by atoms with Crippen LogP contribution in [0.5, 0.6) is 0 Å². The van der Waals surface area contributed by atoms with Crippen molar-refractivity contribution in [3.8, 4) is 11.1 Å². The molecule has 0 aliphatic heterocycles. The lowest BCUT2D eigenvalue weighted by Gasteiger charge is -2.12. The Kier molecular flexibility index (Phi) is 6.93. The van der Waals surface area contributed by atoms with Crippen LogP contribution in [0.25, 0.3) is 22.0 Å². The van der Waals surface area contributed by atoms with E-state index in [2.05, 4.69) is 4.72 Å². The first kappa shape index (κ1) is 26.1. The Hall–Kier alpha value is -4.50. The number of pyridine rings is 1. The fraction of sp³-hybridized carbons (Fsp3) is 0.133. The van der Waals surface area contributed by atoms with Gasteiger partial charge in [0.25, 0.3) is 21.5 Å². The zero-order valence-electron chi connectivity index (χ0n) is 21.4. The van der Waals surface area contributed by atoms with Gasteiger partial charge in [-0.25, -0.2) is 17.5 Å². The molecule has 0 aliphatic carbocycles. The highest BCUT2D eigenvalue weighted by Gasteiger charge is 2.23. The van der Waals surface area contributed by atoms with E-state index in [0.717, 1.165) is 5.56 Å². The maximum absolute atomic E-state index is 14.4. The molecule has 5 aromatic rings. The Labute approximate surface area is 225 Å². The third kappa shape index (κ3) is 5.26. The molecule has 0 saturated carbocycles. The fourth-order valence-corrected chi connectivity index (χ4v) is 6.07. The smallest absolute Gasteiger partial charge is 0.264 e. The molecule has 39 heavy (non-hydrogen) atoms. The zero-order valence-corrected chi connectivity index (χ0v) is 22.2. The van der Waals surface area contributed by atoms with Gasteiger partial charge in [-0.1, -0.05) is 48.5 Å². The molecule has 9 heteroatoms. The standard InChI is InChI=1S/C30H26FN3O4S/c1-20-8-6-7-11-27(20)39(37,38)32-28(35)19-34-21(2)30(25-16-24(31)13-14-26(25)34)23-12-15-29(36)33(18-23)17-22-9-4-3-5-10-22/h3-16,18H,17,19H2,1-2H3,(H,32,35). The highest BCUT2D eigenvalue weighted by Crippen LogP contribution is 2.35. The maximum atomic E-state index is 14.4. The monoisotopic (exact) mass is 543 g/mol. The number of carbonyl (C=O) groups excluding carboxylic acids is 1. The predicted molar refractivity (Wildman–Crippen MR) is 148 cm³/mol. The summed E-state index contributed by atoms with van der Waals surface area (Å²) in [6.07, 6.45) is 1.72. The quantitative estimate of drug-likeness (QED) is 0.320.